The molecule has 0 saturated carbocycles. The van der Waals surface area contributed by atoms with Gasteiger partial charge in [0.2, 0.25) is 0 Å². The molecule has 0 unspecified atom stereocenters. The Hall–Kier alpha value is -2.63. The lowest BCUT2D eigenvalue weighted by molar-refractivity contribution is 0.0935. The van der Waals surface area contributed by atoms with E-state index >= 15 is 0 Å². The fraction of sp³-hybridized carbons (Fsp3) is 0.267. The molecule has 2 rings (SSSR count). The van der Waals surface area contributed by atoms with Gasteiger partial charge in [-0.25, -0.2) is 9.97 Å². The minimum absolute atomic E-state index is 0.119. The second kappa shape index (κ2) is 6.69. The van der Waals surface area contributed by atoms with Crippen molar-refractivity contribution in [3.05, 3.63) is 47.9 Å². The van der Waals surface area contributed by atoms with Crippen molar-refractivity contribution in [1.82, 2.24) is 15.3 Å². The van der Waals surface area contributed by atoms with Crippen LogP contribution in [-0.2, 0) is 0 Å². The van der Waals surface area contributed by atoms with Gasteiger partial charge in [-0.2, -0.15) is 0 Å². The maximum atomic E-state index is 12.1. The number of carbonyl (C=O) groups is 1. The minimum Gasteiger partial charge on any atom is -0.494 e. The van der Waals surface area contributed by atoms with Gasteiger partial charge in [0.1, 0.15) is 5.75 Å². The molecule has 0 aliphatic carbocycles. The number of amides is 1. The van der Waals surface area contributed by atoms with Crippen LogP contribution in [0.4, 0.5) is 5.82 Å². The number of aromatic nitrogens is 2. The van der Waals surface area contributed by atoms with E-state index in [0.29, 0.717) is 6.61 Å². The summed E-state index contributed by atoms with van der Waals surface area (Å²) < 4.78 is 5.38. The van der Waals surface area contributed by atoms with E-state index in [4.69, 9.17) is 10.5 Å². The highest BCUT2D eigenvalue weighted by Crippen LogP contribution is 2.18. The van der Waals surface area contributed by atoms with Gasteiger partial charge in [-0.05, 0) is 31.5 Å². The number of nitrogens with two attached hydrogens (primary N) is 1. The van der Waals surface area contributed by atoms with Gasteiger partial charge in [0.05, 0.1) is 12.6 Å². The van der Waals surface area contributed by atoms with Crippen molar-refractivity contribution in [1.29, 1.82) is 0 Å². The van der Waals surface area contributed by atoms with Crippen LogP contribution in [0.3, 0.4) is 0 Å². The number of carbonyl (C=O) groups excluding carboxylic acids is 1. The zero-order valence-corrected chi connectivity index (χ0v) is 12.0. The van der Waals surface area contributed by atoms with Gasteiger partial charge < -0.3 is 15.8 Å². The van der Waals surface area contributed by atoms with Crippen molar-refractivity contribution in [2.45, 2.75) is 19.9 Å². The SMILES string of the molecule is CCOc1ccc([C@H](C)NC(=O)c2nccnc2N)cc1. The van der Waals surface area contributed by atoms with Gasteiger partial charge >= 0.3 is 0 Å². The number of nitrogen functional groups attached to an aromatic ring is 1. The van der Waals surface area contributed by atoms with E-state index in [-0.39, 0.29) is 23.5 Å². The lowest BCUT2D eigenvalue weighted by Crippen LogP contribution is -2.28. The molecular weight excluding hydrogens is 268 g/mol. The molecule has 21 heavy (non-hydrogen) atoms. The zero-order valence-electron chi connectivity index (χ0n) is 12.0. The lowest BCUT2D eigenvalue weighted by Gasteiger charge is -2.15. The van der Waals surface area contributed by atoms with Gasteiger partial charge in [0.15, 0.2) is 11.5 Å². The van der Waals surface area contributed by atoms with Crippen LogP contribution in [-0.4, -0.2) is 22.5 Å². The highest BCUT2D eigenvalue weighted by Gasteiger charge is 2.15. The topological polar surface area (TPSA) is 90.1 Å². The highest BCUT2D eigenvalue weighted by atomic mass is 16.5. The molecule has 2 aromatic rings. The Balaban J connectivity index is 2.05. The summed E-state index contributed by atoms with van der Waals surface area (Å²) in [5, 5.41) is 2.84. The summed E-state index contributed by atoms with van der Waals surface area (Å²) in [5.41, 5.74) is 6.74. The maximum Gasteiger partial charge on any atom is 0.274 e. The predicted molar refractivity (Wildman–Crippen MR) is 79.9 cm³/mol. The van der Waals surface area contributed by atoms with Gasteiger partial charge in [-0.1, -0.05) is 12.1 Å². The lowest BCUT2D eigenvalue weighted by atomic mass is 10.1. The van der Waals surface area contributed by atoms with E-state index in [1.54, 1.807) is 0 Å². The number of nitrogens with zero attached hydrogens (tertiary/aromatic N) is 2. The third kappa shape index (κ3) is 3.68. The Morgan fingerprint density at radius 3 is 2.57 bits per heavy atom. The number of hydrogen-bond acceptors (Lipinski definition) is 5. The van der Waals surface area contributed by atoms with Gasteiger partial charge in [0, 0.05) is 12.4 Å². The Labute approximate surface area is 123 Å². The first kappa shape index (κ1) is 14.8. The molecule has 1 aromatic heterocycles. The standard InChI is InChI=1S/C15H18N4O2/c1-3-21-12-6-4-11(5-7-12)10(2)19-15(20)13-14(16)18-9-8-17-13/h4-10H,3H2,1-2H3,(H2,16,18)(H,19,20)/t10-/m0/s1. The summed E-state index contributed by atoms with van der Waals surface area (Å²) in [6, 6.07) is 7.40. The largest absolute Gasteiger partial charge is 0.494 e. The van der Waals surface area contributed by atoms with Crippen molar-refractivity contribution >= 4 is 11.7 Å². The van der Waals surface area contributed by atoms with Crippen LogP contribution in [0, 0.1) is 0 Å². The Morgan fingerprint density at radius 1 is 1.29 bits per heavy atom. The second-order valence-electron chi connectivity index (χ2n) is 4.49. The normalized spacial score (nSPS) is 11.7. The number of benzene rings is 1. The van der Waals surface area contributed by atoms with Gasteiger partial charge in [-0.15, -0.1) is 0 Å². The summed E-state index contributed by atoms with van der Waals surface area (Å²) in [6.07, 6.45) is 2.88. The number of anilines is 1. The summed E-state index contributed by atoms with van der Waals surface area (Å²) in [7, 11) is 0. The van der Waals surface area contributed by atoms with Crippen LogP contribution in [0.2, 0.25) is 0 Å². The molecule has 1 aromatic carbocycles. The van der Waals surface area contributed by atoms with Crippen molar-refractivity contribution in [2.24, 2.45) is 0 Å². The van der Waals surface area contributed by atoms with E-state index < -0.39 is 0 Å². The van der Waals surface area contributed by atoms with E-state index in [9.17, 15) is 4.79 Å². The van der Waals surface area contributed by atoms with E-state index in [1.165, 1.54) is 12.4 Å². The first-order valence-corrected chi connectivity index (χ1v) is 6.72. The fourth-order valence-electron chi connectivity index (χ4n) is 1.89. The van der Waals surface area contributed by atoms with Crippen molar-refractivity contribution in [3.63, 3.8) is 0 Å². The third-order valence-corrected chi connectivity index (χ3v) is 2.98. The maximum absolute atomic E-state index is 12.1. The molecule has 1 atom stereocenters. The molecule has 0 spiro atoms. The number of ether oxygens (including phenoxy) is 1. The van der Waals surface area contributed by atoms with Gasteiger partial charge in [-0.3, -0.25) is 4.79 Å². The number of hydrogen-bond donors (Lipinski definition) is 2. The van der Waals surface area contributed by atoms with E-state index in [2.05, 4.69) is 15.3 Å². The molecule has 0 aliphatic rings. The van der Waals surface area contributed by atoms with Crippen LogP contribution >= 0.6 is 0 Å². The van der Waals surface area contributed by atoms with Crippen molar-refractivity contribution < 1.29 is 9.53 Å². The Morgan fingerprint density at radius 2 is 1.95 bits per heavy atom. The first-order valence-electron chi connectivity index (χ1n) is 6.72. The van der Waals surface area contributed by atoms with Crippen LogP contribution in [0.25, 0.3) is 0 Å². The van der Waals surface area contributed by atoms with Crippen LogP contribution in [0.5, 0.6) is 5.75 Å². The molecular formula is C15H18N4O2. The van der Waals surface area contributed by atoms with Crippen LogP contribution in [0.1, 0.15) is 35.9 Å². The molecule has 0 fully saturated rings. The molecule has 0 saturated heterocycles. The molecule has 0 radical (unpaired) electrons. The Kier molecular flexibility index (Phi) is 4.71. The molecule has 1 heterocycles. The quantitative estimate of drug-likeness (QED) is 0.876. The average Bonchev–Trinajstić information content (AvgIpc) is 2.48. The van der Waals surface area contributed by atoms with Crippen LogP contribution < -0.4 is 15.8 Å². The summed E-state index contributed by atoms with van der Waals surface area (Å²) >= 11 is 0. The third-order valence-electron chi connectivity index (χ3n) is 2.98. The molecule has 3 N–H and O–H groups in total. The molecule has 0 aliphatic heterocycles. The molecule has 6 heteroatoms. The molecule has 0 bridgehead atoms. The Bertz CT molecular complexity index is 613. The zero-order chi connectivity index (χ0) is 15.2. The first-order chi connectivity index (χ1) is 10.1. The van der Waals surface area contributed by atoms with E-state index in [0.717, 1.165) is 11.3 Å². The fourth-order valence-corrected chi connectivity index (χ4v) is 1.89. The second-order valence-corrected chi connectivity index (χ2v) is 4.49. The molecule has 6 nitrogen and oxygen atoms in total. The summed E-state index contributed by atoms with van der Waals surface area (Å²) in [5.74, 6) is 0.578. The molecule has 110 valence electrons. The molecule has 1 amide bonds. The average molecular weight is 286 g/mol. The van der Waals surface area contributed by atoms with Crippen LogP contribution in [0.15, 0.2) is 36.7 Å². The predicted octanol–water partition coefficient (Wildman–Crippen LogP) is 1.95. The monoisotopic (exact) mass is 286 g/mol. The minimum atomic E-state index is -0.345. The van der Waals surface area contributed by atoms with Crippen molar-refractivity contribution in [3.8, 4) is 5.75 Å². The van der Waals surface area contributed by atoms with Gasteiger partial charge in [0.25, 0.3) is 5.91 Å². The van der Waals surface area contributed by atoms with E-state index in [1.807, 2.05) is 38.1 Å². The smallest absolute Gasteiger partial charge is 0.274 e. The number of rotatable bonds is 5. The summed E-state index contributed by atoms with van der Waals surface area (Å²) in [6.45, 7) is 4.44. The highest BCUT2D eigenvalue weighted by molar-refractivity contribution is 5.96. The summed E-state index contributed by atoms with van der Waals surface area (Å²) in [4.78, 5) is 19.9. The van der Waals surface area contributed by atoms with Crippen molar-refractivity contribution in [2.75, 3.05) is 12.3 Å². The number of nitrogens with one attached hydrogen (secondary N) is 1.